The second-order valence-electron chi connectivity index (χ2n) is 6.28. The van der Waals surface area contributed by atoms with E-state index >= 15 is 0 Å². The quantitative estimate of drug-likeness (QED) is 0.733. The maximum absolute atomic E-state index is 12.7. The predicted molar refractivity (Wildman–Crippen MR) is 63.3 cm³/mol. The minimum atomic E-state index is -2.12. The molecular weight excluding hydrogens is 222 g/mol. The summed E-state index contributed by atoms with van der Waals surface area (Å²) in [4.78, 5) is 4.76. The zero-order chi connectivity index (χ0) is 12.0. The van der Waals surface area contributed by atoms with Crippen LogP contribution in [0.4, 0.5) is 8.78 Å². The van der Waals surface area contributed by atoms with Gasteiger partial charge in [0.1, 0.15) is 0 Å². The second kappa shape index (κ2) is 4.16. The minimum absolute atomic E-state index is 0.369. The number of nitrogens with zero attached hydrogens (tertiary/aromatic N) is 2. The summed E-state index contributed by atoms with van der Waals surface area (Å²) in [6.45, 7) is 3.88. The van der Waals surface area contributed by atoms with Crippen LogP contribution in [-0.2, 0) is 0 Å². The fraction of sp³-hybridized carbons (Fsp3) is 1.00. The molecule has 3 unspecified atom stereocenters. The van der Waals surface area contributed by atoms with Gasteiger partial charge < -0.3 is 4.90 Å². The molecule has 0 aromatic heterocycles. The van der Waals surface area contributed by atoms with Gasteiger partial charge in [0.2, 0.25) is 6.43 Å². The molecule has 0 aromatic rings. The fourth-order valence-electron chi connectivity index (χ4n) is 4.14. The molecule has 1 aliphatic carbocycles. The normalized spacial score (nSPS) is 43.8. The van der Waals surface area contributed by atoms with Crippen LogP contribution in [-0.4, -0.2) is 55.5 Å². The summed E-state index contributed by atoms with van der Waals surface area (Å²) in [5, 5.41) is 0. The van der Waals surface area contributed by atoms with Gasteiger partial charge in [0.05, 0.1) is 0 Å². The van der Waals surface area contributed by atoms with Crippen LogP contribution in [0.25, 0.3) is 0 Å². The van der Waals surface area contributed by atoms with Crippen molar-refractivity contribution >= 4 is 0 Å². The molecule has 0 amide bonds. The Kier molecular flexibility index (Phi) is 2.90. The molecule has 0 radical (unpaired) electrons. The van der Waals surface area contributed by atoms with Gasteiger partial charge in [-0.15, -0.1) is 0 Å². The minimum Gasteiger partial charge on any atom is -0.306 e. The molecule has 4 heteroatoms. The van der Waals surface area contributed by atoms with Crippen LogP contribution in [0, 0.1) is 11.3 Å². The van der Waals surface area contributed by atoms with E-state index < -0.39 is 6.43 Å². The third-order valence-electron chi connectivity index (χ3n) is 5.25. The Morgan fingerprint density at radius 3 is 2.47 bits per heavy atom. The van der Waals surface area contributed by atoms with Crippen LogP contribution < -0.4 is 0 Å². The van der Waals surface area contributed by atoms with E-state index in [0.717, 1.165) is 6.54 Å². The average molecular weight is 244 g/mol. The van der Waals surface area contributed by atoms with Gasteiger partial charge in [-0.1, -0.05) is 0 Å². The standard InChI is InChI=1S/C13H22F2N2/c1-16-7-5-13(9-16)4-2-11(13)17-6-3-10(8-17)12(14)15/h10-12H,2-9H2,1H3. The maximum Gasteiger partial charge on any atom is 0.242 e. The molecule has 2 saturated heterocycles. The molecule has 0 bridgehead atoms. The summed E-state index contributed by atoms with van der Waals surface area (Å²) < 4.78 is 25.4. The Morgan fingerprint density at radius 1 is 1.18 bits per heavy atom. The van der Waals surface area contributed by atoms with Crippen molar-refractivity contribution in [2.24, 2.45) is 11.3 Å². The van der Waals surface area contributed by atoms with Crippen LogP contribution >= 0.6 is 0 Å². The third-order valence-corrected chi connectivity index (χ3v) is 5.25. The highest BCUT2D eigenvalue weighted by Gasteiger charge is 2.53. The topological polar surface area (TPSA) is 6.48 Å². The van der Waals surface area contributed by atoms with E-state index in [1.165, 1.54) is 32.4 Å². The van der Waals surface area contributed by atoms with Crippen LogP contribution in [0.5, 0.6) is 0 Å². The van der Waals surface area contributed by atoms with Gasteiger partial charge in [-0.05, 0) is 51.2 Å². The number of hydrogen-bond donors (Lipinski definition) is 0. The number of hydrogen-bond acceptors (Lipinski definition) is 2. The predicted octanol–water partition coefficient (Wildman–Crippen LogP) is 2.06. The molecule has 2 nitrogen and oxygen atoms in total. The molecule has 1 spiro atoms. The largest absolute Gasteiger partial charge is 0.306 e. The SMILES string of the molecule is CN1CCC2(CCC2N2CCC(C(F)F)C2)C1. The average Bonchev–Trinajstić information content (AvgIpc) is 2.84. The van der Waals surface area contributed by atoms with Gasteiger partial charge in [0.15, 0.2) is 0 Å². The Balaban J connectivity index is 1.63. The van der Waals surface area contributed by atoms with Gasteiger partial charge >= 0.3 is 0 Å². The number of rotatable bonds is 2. The van der Waals surface area contributed by atoms with Crippen molar-refractivity contribution < 1.29 is 8.78 Å². The summed E-state index contributed by atoms with van der Waals surface area (Å²) in [5.74, 6) is -0.369. The summed E-state index contributed by atoms with van der Waals surface area (Å²) >= 11 is 0. The zero-order valence-corrected chi connectivity index (χ0v) is 10.5. The van der Waals surface area contributed by atoms with Gasteiger partial charge in [0.25, 0.3) is 0 Å². The lowest BCUT2D eigenvalue weighted by atomic mass is 9.63. The van der Waals surface area contributed by atoms with Crippen LogP contribution in [0.2, 0.25) is 0 Å². The Bertz CT molecular complexity index is 297. The van der Waals surface area contributed by atoms with E-state index in [-0.39, 0.29) is 5.92 Å². The molecule has 98 valence electrons. The molecular formula is C13H22F2N2. The molecule has 1 saturated carbocycles. The summed E-state index contributed by atoms with van der Waals surface area (Å²) in [5.41, 5.74) is 0.450. The second-order valence-corrected chi connectivity index (χ2v) is 6.28. The van der Waals surface area contributed by atoms with E-state index in [1.54, 1.807) is 0 Å². The van der Waals surface area contributed by atoms with Gasteiger partial charge in [-0.3, -0.25) is 4.90 Å². The number of alkyl halides is 2. The van der Waals surface area contributed by atoms with Crippen molar-refractivity contribution in [2.75, 3.05) is 33.2 Å². The molecule has 0 N–H and O–H groups in total. The number of likely N-dealkylation sites (tertiary alicyclic amines) is 2. The highest BCUT2D eigenvalue weighted by molar-refractivity contribution is 5.07. The lowest BCUT2D eigenvalue weighted by molar-refractivity contribution is -0.0139. The summed E-state index contributed by atoms with van der Waals surface area (Å²) in [6.07, 6.45) is 2.37. The lowest BCUT2D eigenvalue weighted by Crippen LogP contribution is -2.55. The van der Waals surface area contributed by atoms with E-state index in [2.05, 4.69) is 16.8 Å². The molecule has 2 heterocycles. The van der Waals surface area contributed by atoms with Crippen molar-refractivity contribution in [1.82, 2.24) is 9.80 Å². The lowest BCUT2D eigenvalue weighted by Gasteiger charge is -2.51. The first-order valence-corrected chi connectivity index (χ1v) is 6.81. The Hall–Kier alpha value is -0.220. The van der Waals surface area contributed by atoms with E-state index in [9.17, 15) is 8.78 Å². The monoisotopic (exact) mass is 244 g/mol. The molecule has 17 heavy (non-hydrogen) atoms. The van der Waals surface area contributed by atoms with Crippen LogP contribution in [0.1, 0.15) is 25.7 Å². The molecule has 3 rings (SSSR count). The van der Waals surface area contributed by atoms with E-state index in [0.29, 0.717) is 24.4 Å². The van der Waals surface area contributed by atoms with E-state index in [4.69, 9.17) is 0 Å². The molecule has 3 atom stereocenters. The Morgan fingerprint density at radius 2 is 2.00 bits per heavy atom. The molecule has 2 aliphatic heterocycles. The van der Waals surface area contributed by atoms with Gasteiger partial charge in [-0.25, -0.2) is 8.78 Å². The fourth-order valence-corrected chi connectivity index (χ4v) is 4.14. The van der Waals surface area contributed by atoms with Crippen molar-refractivity contribution in [2.45, 2.75) is 38.2 Å². The molecule has 0 aromatic carbocycles. The van der Waals surface area contributed by atoms with Crippen molar-refractivity contribution in [3.63, 3.8) is 0 Å². The first kappa shape index (κ1) is 11.8. The van der Waals surface area contributed by atoms with Crippen molar-refractivity contribution in [1.29, 1.82) is 0 Å². The smallest absolute Gasteiger partial charge is 0.242 e. The zero-order valence-electron chi connectivity index (χ0n) is 10.5. The number of halogens is 2. The third kappa shape index (κ3) is 1.89. The van der Waals surface area contributed by atoms with Gasteiger partial charge in [-0.2, -0.15) is 0 Å². The van der Waals surface area contributed by atoms with Crippen LogP contribution in [0.3, 0.4) is 0 Å². The summed E-state index contributed by atoms with van der Waals surface area (Å²) in [7, 11) is 2.18. The highest BCUT2D eigenvalue weighted by atomic mass is 19.3. The van der Waals surface area contributed by atoms with Gasteiger partial charge in [0, 0.05) is 25.0 Å². The summed E-state index contributed by atoms with van der Waals surface area (Å²) in [6, 6.07) is 0.594. The van der Waals surface area contributed by atoms with Crippen molar-refractivity contribution in [3.05, 3.63) is 0 Å². The molecule has 3 aliphatic rings. The maximum atomic E-state index is 12.7. The van der Waals surface area contributed by atoms with E-state index in [1.807, 2.05) is 0 Å². The first-order chi connectivity index (χ1) is 8.11. The first-order valence-electron chi connectivity index (χ1n) is 6.81. The highest BCUT2D eigenvalue weighted by Crippen LogP contribution is 2.51. The van der Waals surface area contributed by atoms with Crippen LogP contribution in [0.15, 0.2) is 0 Å². The van der Waals surface area contributed by atoms with Crippen molar-refractivity contribution in [3.8, 4) is 0 Å². The molecule has 3 fully saturated rings. The Labute approximate surface area is 102 Å².